The second-order valence-corrected chi connectivity index (χ2v) is 9.10. The summed E-state index contributed by atoms with van der Waals surface area (Å²) in [4.78, 5) is 40.5. The molecule has 33 heavy (non-hydrogen) atoms. The summed E-state index contributed by atoms with van der Waals surface area (Å²) in [6, 6.07) is 18.3. The maximum absolute atomic E-state index is 12.7. The minimum Gasteiger partial charge on any atom is -0.467 e. The van der Waals surface area contributed by atoms with Gasteiger partial charge in [-0.05, 0) is 60.5 Å². The average molecular weight is 462 g/mol. The van der Waals surface area contributed by atoms with Crippen LogP contribution in [0.5, 0.6) is 0 Å². The van der Waals surface area contributed by atoms with Crippen LogP contribution in [-0.4, -0.2) is 34.9 Å². The van der Waals surface area contributed by atoms with Crippen LogP contribution in [0.25, 0.3) is 0 Å². The van der Waals surface area contributed by atoms with Gasteiger partial charge in [0, 0.05) is 29.9 Å². The van der Waals surface area contributed by atoms with Crippen LogP contribution in [-0.2, 0) is 16.1 Å². The monoisotopic (exact) mass is 461 g/mol. The molecule has 2 saturated heterocycles. The Morgan fingerprint density at radius 1 is 1.03 bits per heavy atom. The summed E-state index contributed by atoms with van der Waals surface area (Å²) in [5.74, 6) is 1.16. The van der Waals surface area contributed by atoms with Gasteiger partial charge in [0.2, 0.25) is 11.8 Å². The molecular weight excluding hydrogens is 438 g/mol. The van der Waals surface area contributed by atoms with Crippen molar-refractivity contribution in [3.05, 3.63) is 83.8 Å². The third kappa shape index (κ3) is 4.52. The van der Waals surface area contributed by atoms with Crippen LogP contribution >= 0.6 is 11.8 Å². The number of nitrogens with zero attached hydrogens (tertiary/aromatic N) is 2. The van der Waals surface area contributed by atoms with E-state index in [0.29, 0.717) is 30.0 Å². The molecule has 1 aromatic heterocycles. The van der Waals surface area contributed by atoms with Crippen LogP contribution in [0, 0.1) is 0 Å². The SMILES string of the molecule is O=C(Nc1ccc(N2CCCC2=O)cc1)c1ccc([C@@H]2SCC(=O)N2Cc2ccco2)cc1. The Kier molecular flexibility index (Phi) is 5.92. The van der Waals surface area contributed by atoms with Crippen LogP contribution in [0.1, 0.15) is 39.9 Å². The number of thioether (sulfide) groups is 1. The van der Waals surface area contributed by atoms with E-state index in [0.717, 1.165) is 30.0 Å². The molecule has 3 heterocycles. The van der Waals surface area contributed by atoms with Gasteiger partial charge in [-0.3, -0.25) is 14.4 Å². The number of carbonyl (C=O) groups excluding carboxylic acids is 3. The highest BCUT2D eigenvalue weighted by Crippen LogP contribution is 2.39. The van der Waals surface area contributed by atoms with Gasteiger partial charge >= 0.3 is 0 Å². The summed E-state index contributed by atoms with van der Waals surface area (Å²) >= 11 is 1.57. The smallest absolute Gasteiger partial charge is 0.255 e. The van der Waals surface area contributed by atoms with Crippen LogP contribution in [0.15, 0.2) is 71.3 Å². The highest BCUT2D eigenvalue weighted by molar-refractivity contribution is 8.00. The van der Waals surface area contributed by atoms with Gasteiger partial charge in [-0.1, -0.05) is 12.1 Å². The van der Waals surface area contributed by atoms with E-state index in [-0.39, 0.29) is 23.1 Å². The summed E-state index contributed by atoms with van der Waals surface area (Å²) in [5, 5.41) is 2.79. The Hall–Kier alpha value is -3.52. The first-order valence-corrected chi connectivity index (χ1v) is 11.9. The third-order valence-corrected chi connectivity index (χ3v) is 7.10. The molecule has 1 N–H and O–H groups in total. The maximum Gasteiger partial charge on any atom is 0.255 e. The molecule has 7 nitrogen and oxygen atoms in total. The van der Waals surface area contributed by atoms with Gasteiger partial charge in [0.1, 0.15) is 11.1 Å². The number of nitrogens with one attached hydrogen (secondary N) is 1. The fraction of sp³-hybridized carbons (Fsp3) is 0.240. The van der Waals surface area contributed by atoms with Gasteiger partial charge in [-0.15, -0.1) is 11.8 Å². The van der Waals surface area contributed by atoms with Crippen molar-refractivity contribution >= 4 is 40.9 Å². The van der Waals surface area contributed by atoms with E-state index in [2.05, 4.69) is 5.32 Å². The minimum atomic E-state index is -0.214. The summed E-state index contributed by atoms with van der Waals surface area (Å²) in [5.41, 5.74) is 3.02. The Bertz CT molecular complexity index is 1160. The number of rotatable bonds is 6. The molecule has 0 saturated carbocycles. The molecule has 0 spiro atoms. The molecule has 0 aliphatic carbocycles. The lowest BCUT2D eigenvalue weighted by Crippen LogP contribution is -2.27. The topological polar surface area (TPSA) is 82.9 Å². The predicted molar refractivity (Wildman–Crippen MR) is 127 cm³/mol. The molecule has 0 radical (unpaired) electrons. The lowest BCUT2D eigenvalue weighted by atomic mass is 10.1. The molecule has 2 aliphatic rings. The zero-order chi connectivity index (χ0) is 22.8. The molecule has 3 amide bonds. The fourth-order valence-electron chi connectivity index (χ4n) is 4.12. The van der Waals surface area contributed by atoms with Gasteiger partial charge in [0.05, 0.1) is 18.6 Å². The first kappa shape index (κ1) is 21.3. The van der Waals surface area contributed by atoms with Crippen molar-refractivity contribution in [3.8, 4) is 0 Å². The van der Waals surface area contributed by atoms with Crippen LogP contribution in [0.3, 0.4) is 0 Å². The number of benzene rings is 2. The highest BCUT2D eigenvalue weighted by Gasteiger charge is 2.33. The molecule has 5 rings (SSSR count). The van der Waals surface area contributed by atoms with E-state index < -0.39 is 0 Å². The first-order chi connectivity index (χ1) is 16.1. The molecule has 168 valence electrons. The summed E-state index contributed by atoms with van der Waals surface area (Å²) < 4.78 is 5.40. The highest BCUT2D eigenvalue weighted by atomic mass is 32.2. The van der Waals surface area contributed by atoms with E-state index in [1.807, 2.05) is 36.4 Å². The van der Waals surface area contributed by atoms with Crippen molar-refractivity contribution in [2.24, 2.45) is 0 Å². The molecule has 1 atom stereocenters. The lowest BCUT2D eigenvalue weighted by Gasteiger charge is -2.23. The van der Waals surface area contributed by atoms with E-state index in [4.69, 9.17) is 4.42 Å². The molecule has 2 aromatic carbocycles. The fourth-order valence-corrected chi connectivity index (χ4v) is 5.31. The Morgan fingerprint density at radius 3 is 2.48 bits per heavy atom. The van der Waals surface area contributed by atoms with E-state index >= 15 is 0 Å². The zero-order valence-corrected chi connectivity index (χ0v) is 18.7. The second-order valence-electron chi connectivity index (χ2n) is 8.04. The number of amides is 3. The average Bonchev–Trinajstić information content (AvgIpc) is 3.58. The van der Waals surface area contributed by atoms with Gasteiger partial charge in [-0.2, -0.15) is 0 Å². The second kappa shape index (κ2) is 9.15. The van der Waals surface area contributed by atoms with Crippen molar-refractivity contribution in [2.75, 3.05) is 22.5 Å². The van der Waals surface area contributed by atoms with Crippen LogP contribution < -0.4 is 10.2 Å². The van der Waals surface area contributed by atoms with Crippen molar-refractivity contribution in [1.29, 1.82) is 0 Å². The third-order valence-electron chi connectivity index (χ3n) is 5.84. The largest absolute Gasteiger partial charge is 0.467 e. The van der Waals surface area contributed by atoms with Gasteiger partial charge in [-0.25, -0.2) is 0 Å². The zero-order valence-electron chi connectivity index (χ0n) is 17.9. The van der Waals surface area contributed by atoms with Gasteiger partial charge < -0.3 is 19.5 Å². The number of carbonyl (C=O) groups is 3. The number of furan rings is 1. The Morgan fingerprint density at radius 2 is 1.82 bits per heavy atom. The molecule has 2 aliphatic heterocycles. The van der Waals surface area contributed by atoms with Gasteiger partial charge in [0.25, 0.3) is 5.91 Å². The van der Waals surface area contributed by atoms with Crippen LogP contribution in [0.4, 0.5) is 11.4 Å². The number of hydrogen-bond donors (Lipinski definition) is 1. The van der Waals surface area contributed by atoms with Crippen molar-refractivity contribution in [1.82, 2.24) is 4.90 Å². The van der Waals surface area contributed by atoms with Crippen LogP contribution in [0.2, 0.25) is 0 Å². The molecule has 2 fully saturated rings. The van der Waals surface area contributed by atoms with E-state index in [1.165, 1.54) is 0 Å². The Labute approximate surface area is 195 Å². The number of anilines is 2. The normalized spacial score (nSPS) is 18.2. The van der Waals surface area contributed by atoms with Crippen molar-refractivity contribution in [3.63, 3.8) is 0 Å². The summed E-state index contributed by atoms with van der Waals surface area (Å²) in [7, 11) is 0. The van der Waals surface area contributed by atoms with Crippen molar-refractivity contribution < 1.29 is 18.8 Å². The maximum atomic E-state index is 12.7. The van der Waals surface area contributed by atoms with E-state index in [9.17, 15) is 14.4 Å². The molecular formula is C25H23N3O4S. The molecule has 3 aromatic rings. The van der Waals surface area contributed by atoms with E-state index in [1.54, 1.807) is 52.1 Å². The van der Waals surface area contributed by atoms with Crippen molar-refractivity contribution in [2.45, 2.75) is 24.8 Å². The summed E-state index contributed by atoms with van der Waals surface area (Å²) in [6.07, 6.45) is 3.06. The Balaban J connectivity index is 1.24. The quantitative estimate of drug-likeness (QED) is 0.587. The summed E-state index contributed by atoms with van der Waals surface area (Å²) in [6.45, 7) is 1.16. The first-order valence-electron chi connectivity index (χ1n) is 10.8. The molecule has 8 heteroatoms. The minimum absolute atomic E-state index is 0.0716. The number of hydrogen-bond acceptors (Lipinski definition) is 5. The molecule has 0 bridgehead atoms. The van der Waals surface area contributed by atoms with Gasteiger partial charge in [0.15, 0.2) is 0 Å². The standard InChI is InChI=1S/C25H23N3O4S/c29-22-4-1-13-27(22)20-11-9-19(10-12-20)26-24(31)17-5-7-18(8-6-17)25-28(23(30)16-33-25)15-21-3-2-14-32-21/h2-3,5-12,14,25H,1,4,13,15-16H2,(H,26,31)/t25-/m0/s1. The molecule has 0 unspecified atom stereocenters. The lowest BCUT2D eigenvalue weighted by molar-refractivity contribution is -0.128. The predicted octanol–water partition coefficient (Wildman–Crippen LogP) is 4.43.